The van der Waals surface area contributed by atoms with Crippen LogP contribution >= 0.6 is 15.9 Å². The number of aliphatic hydroxyl groups is 1. The van der Waals surface area contributed by atoms with Gasteiger partial charge >= 0.3 is 0 Å². The van der Waals surface area contributed by atoms with Crippen LogP contribution in [0.3, 0.4) is 0 Å². The smallest absolute Gasteiger partial charge is 0.0827 e. The van der Waals surface area contributed by atoms with Gasteiger partial charge in [0.05, 0.1) is 6.10 Å². The Morgan fingerprint density at radius 1 is 1.13 bits per heavy atom. The van der Waals surface area contributed by atoms with Gasteiger partial charge in [0, 0.05) is 4.47 Å². The van der Waals surface area contributed by atoms with Crippen LogP contribution in [0.1, 0.15) is 48.8 Å². The molecule has 1 nitrogen and oxygen atoms in total. The Morgan fingerprint density at radius 3 is 2.80 bits per heavy atom. The second kappa shape index (κ2) is 3.60. The van der Waals surface area contributed by atoms with E-state index in [9.17, 15) is 5.11 Å². The van der Waals surface area contributed by atoms with Gasteiger partial charge in [-0.15, -0.1) is 0 Å². The normalized spacial score (nSPS) is 33.6. The molecule has 0 amide bonds. The fourth-order valence-corrected chi connectivity index (χ4v) is 3.67. The maximum atomic E-state index is 10.3. The van der Waals surface area contributed by atoms with Crippen LogP contribution in [0, 0.1) is 5.92 Å². The van der Waals surface area contributed by atoms with Crippen molar-refractivity contribution in [1.29, 1.82) is 0 Å². The molecule has 1 fully saturated rings. The number of benzene rings is 1. The molecule has 0 unspecified atom stereocenters. The third-order valence-electron chi connectivity index (χ3n) is 3.99. The van der Waals surface area contributed by atoms with Crippen molar-refractivity contribution in [1.82, 2.24) is 0 Å². The van der Waals surface area contributed by atoms with Gasteiger partial charge in [0.2, 0.25) is 0 Å². The Kier molecular flexibility index (Phi) is 2.37. The van der Waals surface area contributed by atoms with Crippen molar-refractivity contribution in [3.63, 3.8) is 0 Å². The Hall–Kier alpha value is -0.340. The molecule has 0 aromatic heterocycles. The summed E-state index contributed by atoms with van der Waals surface area (Å²) in [5, 5.41) is 10.3. The minimum absolute atomic E-state index is 0.220. The molecular formula is C13H15BrO. The Balaban J connectivity index is 2.07. The Bertz CT molecular complexity index is 388. The molecule has 1 saturated carbocycles. The zero-order chi connectivity index (χ0) is 10.4. The third-order valence-corrected chi connectivity index (χ3v) is 4.49. The summed E-state index contributed by atoms with van der Waals surface area (Å²) in [4.78, 5) is 0. The van der Waals surface area contributed by atoms with Gasteiger partial charge in [-0.05, 0) is 47.9 Å². The topological polar surface area (TPSA) is 20.2 Å². The number of halogens is 1. The van der Waals surface area contributed by atoms with E-state index in [0.717, 1.165) is 4.47 Å². The molecule has 1 aromatic rings. The van der Waals surface area contributed by atoms with Crippen LogP contribution in [0.25, 0.3) is 0 Å². The van der Waals surface area contributed by atoms with Crippen LogP contribution in [-0.2, 0) is 0 Å². The van der Waals surface area contributed by atoms with Crippen molar-refractivity contribution < 1.29 is 5.11 Å². The average molecular weight is 267 g/mol. The molecule has 1 aromatic carbocycles. The number of aliphatic hydroxyl groups excluding tert-OH is 1. The van der Waals surface area contributed by atoms with Crippen molar-refractivity contribution in [2.75, 3.05) is 0 Å². The van der Waals surface area contributed by atoms with Crippen molar-refractivity contribution in [2.24, 2.45) is 5.92 Å². The minimum atomic E-state index is -0.220. The van der Waals surface area contributed by atoms with Crippen molar-refractivity contribution in [2.45, 2.75) is 37.7 Å². The maximum absolute atomic E-state index is 10.3. The van der Waals surface area contributed by atoms with Crippen molar-refractivity contribution in [3.8, 4) is 0 Å². The van der Waals surface area contributed by atoms with Crippen LogP contribution in [0.5, 0.6) is 0 Å². The highest BCUT2D eigenvalue weighted by Gasteiger charge is 2.40. The van der Waals surface area contributed by atoms with Crippen LogP contribution < -0.4 is 0 Å². The van der Waals surface area contributed by atoms with Gasteiger partial charge in [-0.25, -0.2) is 0 Å². The molecule has 0 heterocycles. The highest BCUT2D eigenvalue weighted by atomic mass is 79.9. The van der Waals surface area contributed by atoms with Crippen LogP contribution in [0.15, 0.2) is 22.7 Å². The van der Waals surface area contributed by atoms with E-state index in [4.69, 9.17) is 0 Å². The summed E-state index contributed by atoms with van der Waals surface area (Å²) in [6.07, 6.45) is 4.84. The molecule has 0 radical (unpaired) electrons. The summed E-state index contributed by atoms with van der Waals surface area (Å²) < 4.78 is 1.08. The number of hydrogen-bond donors (Lipinski definition) is 1. The van der Waals surface area contributed by atoms with Crippen molar-refractivity contribution in [3.05, 3.63) is 33.8 Å². The lowest BCUT2D eigenvalue weighted by Crippen LogP contribution is -2.16. The number of rotatable bonds is 0. The van der Waals surface area contributed by atoms with Crippen LogP contribution in [0.2, 0.25) is 0 Å². The zero-order valence-electron chi connectivity index (χ0n) is 8.62. The van der Waals surface area contributed by atoms with E-state index in [-0.39, 0.29) is 6.10 Å². The summed E-state index contributed by atoms with van der Waals surface area (Å²) in [5.41, 5.74) is 2.57. The predicted octanol–water partition coefficient (Wildman–Crippen LogP) is 3.77. The molecule has 0 saturated heterocycles. The van der Waals surface area contributed by atoms with E-state index in [1.54, 1.807) is 0 Å². The fraction of sp³-hybridized carbons (Fsp3) is 0.538. The van der Waals surface area contributed by atoms with Crippen LogP contribution in [-0.4, -0.2) is 5.11 Å². The lowest BCUT2D eigenvalue weighted by Gasteiger charge is -2.27. The summed E-state index contributed by atoms with van der Waals surface area (Å²) in [5.74, 6) is 1.11. The minimum Gasteiger partial charge on any atom is -0.388 e. The first kappa shape index (κ1) is 9.86. The standard InChI is InChI=1S/C13H15BrO/c14-8-5-6-10-9-3-1-2-4-11(9)13(15)12(10)7-8/h5-7,9,11,13,15H,1-4H2/t9-,11+,13-/m0/s1. The second-order valence-corrected chi connectivity index (χ2v) is 5.69. The summed E-state index contributed by atoms with van der Waals surface area (Å²) in [7, 11) is 0. The fourth-order valence-electron chi connectivity index (χ4n) is 3.29. The Morgan fingerprint density at radius 2 is 1.93 bits per heavy atom. The van der Waals surface area contributed by atoms with Crippen molar-refractivity contribution >= 4 is 15.9 Å². The zero-order valence-corrected chi connectivity index (χ0v) is 10.2. The second-order valence-electron chi connectivity index (χ2n) is 4.77. The van der Waals surface area contributed by atoms with E-state index in [2.05, 4.69) is 34.1 Å². The molecule has 2 heteroatoms. The molecule has 1 N–H and O–H groups in total. The van der Waals surface area contributed by atoms with E-state index in [1.807, 2.05) is 0 Å². The Labute approximate surface area is 98.6 Å². The first-order chi connectivity index (χ1) is 7.27. The van der Waals surface area contributed by atoms with E-state index < -0.39 is 0 Å². The monoisotopic (exact) mass is 266 g/mol. The van der Waals surface area contributed by atoms with Gasteiger partial charge in [0.25, 0.3) is 0 Å². The molecule has 2 aliphatic rings. The van der Waals surface area contributed by atoms with Gasteiger partial charge < -0.3 is 5.11 Å². The SMILES string of the molecule is O[C@@H]1c2cc(Br)ccc2[C@@H]2CCCC[C@@H]12. The van der Waals surface area contributed by atoms with Gasteiger partial charge in [-0.3, -0.25) is 0 Å². The first-order valence-corrected chi connectivity index (χ1v) is 6.54. The third kappa shape index (κ3) is 1.46. The van der Waals surface area contributed by atoms with Gasteiger partial charge in [-0.2, -0.15) is 0 Å². The van der Waals surface area contributed by atoms with Gasteiger partial charge in [-0.1, -0.05) is 34.8 Å². The summed E-state index contributed by atoms with van der Waals surface area (Å²) in [6, 6.07) is 6.39. The molecule has 0 spiro atoms. The van der Waals surface area contributed by atoms with E-state index in [1.165, 1.54) is 36.8 Å². The average Bonchev–Trinajstić information content (AvgIpc) is 2.54. The maximum Gasteiger partial charge on any atom is 0.0827 e. The number of hydrogen-bond acceptors (Lipinski definition) is 1. The molecule has 3 rings (SSSR count). The van der Waals surface area contributed by atoms with Gasteiger partial charge in [0.15, 0.2) is 0 Å². The molecule has 0 aliphatic heterocycles. The molecule has 0 bridgehead atoms. The molecule has 2 aliphatic carbocycles. The van der Waals surface area contributed by atoms with Crippen LogP contribution in [0.4, 0.5) is 0 Å². The largest absolute Gasteiger partial charge is 0.388 e. The molecule has 80 valence electrons. The van der Waals surface area contributed by atoms with Gasteiger partial charge in [0.1, 0.15) is 0 Å². The highest BCUT2D eigenvalue weighted by Crippen LogP contribution is 2.52. The highest BCUT2D eigenvalue weighted by molar-refractivity contribution is 9.10. The van der Waals surface area contributed by atoms with E-state index in [0.29, 0.717) is 11.8 Å². The molecule has 15 heavy (non-hydrogen) atoms. The van der Waals surface area contributed by atoms with E-state index >= 15 is 0 Å². The first-order valence-electron chi connectivity index (χ1n) is 5.75. The lowest BCUT2D eigenvalue weighted by molar-refractivity contribution is 0.0907. The molecular weight excluding hydrogens is 252 g/mol. The quantitative estimate of drug-likeness (QED) is 0.758. The predicted molar refractivity (Wildman–Crippen MR) is 63.8 cm³/mol. The summed E-state index contributed by atoms with van der Waals surface area (Å²) >= 11 is 3.48. The molecule has 3 atom stereocenters. The lowest BCUT2D eigenvalue weighted by atomic mass is 9.79. The summed E-state index contributed by atoms with van der Waals surface area (Å²) in [6.45, 7) is 0. The number of fused-ring (bicyclic) bond motifs is 3.